The van der Waals surface area contributed by atoms with E-state index in [1.807, 2.05) is 30.9 Å². The maximum absolute atomic E-state index is 12.7. The summed E-state index contributed by atoms with van der Waals surface area (Å²) in [5, 5.41) is 9.97. The van der Waals surface area contributed by atoms with Crippen molar-refractivity contribution in [3.05, 3.63) is 47.7 Å². The molecule has 0 saturated carbocycles. The Kier molecular flexibility index (Phi) is 5.00. The summed E-state index contributed by atoms with van der Waals surface area (Å²) in [7, 11) is 0. The Morgan fingerprint density at radius 1 is 1.16 bits per heavy atom. The monoisotopic (exact) mass is 340 g/mol. The van der Waals surface area contributed by atoms with E-state index in [-0.39, 0.29) is 5.91 Å². The SMILES string of the molecule is Cc1ccc(-c2ccc(C(=O)N3CCC(CC(C)(C)O)CC3)[nH]2)cc1. The molecule has 1 amide bonds. The Morgan fingerprint density at radius 3 is 2.40 bits per heavy atom. The van der Waals surface area contributed by atoms with Gasteiger partial charge in [-0.15, -0.1) is 0 Å². The van der Waals surface area contributed by atoms with Gasteiger partial charge in [-0.25, -0.2) is 0 Å². The minimum Gasteiger partial charge on any atom is -0.390 e. The number of aliphatic hydroxyl groups is 1. The van der Waals surface area contributed by atoms with Crippen LogP contribution < -0.4 is 0 Å². The number of aromatic nitrogens is 1. The molecular formula is C21H28N2O2. The number of likely N-dealkylation sites (tertiary alicyclic amines) is 1. The van der Waals surface area contributed by atoms with Gasteiger partial charge in [0.15, 0.2) is 0 Å². The van der Waals surface area contributed by atoms with Crippen molar-refractivity contribution in [1.82, 2.24) is 9.88 Å². The third kappa shape index (κ3) is 4.51. The minimum atomic E-state index is -0.626. The summed E-state index contributed by atoms with van der Waals surface area (Å²) in [4.78, 5) is 17.9. The molecule has 1 aliphatic heterocycles. The molecule has 1 aromatic heterocycles. The Morgan fingerprint density at radius 2 is 1.80 bits per heavy atom. The molecule has 4 nitrogen and oxygen atoms in total. The summed E-state index contributed by atoms with van der Waals surface area (Å²) in [6.45, 7) is 7.30. The molecule has 0 bridgehead atoms. The first-order valence-corrected chi connectivity index (χ1v) is 9.09. The van der Waals surface area contributed by atoms with Crippen LogP contribution in [0.3, 0.4) is 0 Å². The van der Waals surface area contributed by atoms with Gasteiger partial charge in [0.05, 0.1) is 5.60 Å². The Bertz CT molecular complexity index is 717. The highest BCUT2D eigenvalue weighted by molar-refractivity contribution is 5.93. The van der Waals surface area contributed by atoms with Crippen molar-refractivity contribution < 1.29 is 9.90 Å². The molecule has 134 valence electrons. The van der Waals surface area contributed by atoms with E-state index >= 15 is 0 Å². The molecule has 1 aliphatic rings. The molecule has 2 heterocycles. The number of benzene rings is 1. The number of carbonyl (C=O) groups is 1. The second-order valence-electron chi connectivity index (χ2n) is 7.90. The fourth-order valence-corrected chi connectivity index (χ4v) is 3.64. The van der Waals surface area contributed by atoms with Gasteiger partial charge in [-0.05, 0) is 63.6 Å². The molecule has 1 fully saturated rings. The number of piperidine rings is 1. The smallest absolute Gasteiger partial charge is 0.270 e. The van der Waals surface area contributed by atoms with E-state index in [1.165, 1.54) is 5.56 Å². The fourth-order valence-electron chi connectivity index (χ4n) is 3.64. The van der Waals surface area contributed by atoms with Crippen LogP contribution >= 0.6 is 0 Å². The number of aryl methyl sites for hydroxylation is 1. The average molecular weight is 340 g/mol. The predicted octanol–water partition coefficient (Wildman–Crippen LogP) is 4.00. The summed E-state index contributed by atoms with van der Waals surface area (Å²) in [6, 6.07) is 12.1. The van der Waals surface area contributed by atoms with Gasteiger partial charge in [0.1, 0.15) is 5.69 Å². The molecule has 3 rings (SSSR count). The van der Waals surface area contributed by atoms with Gasteiger partial charge < -0.3 is 15.0 Å². The lowest BCUT2D eigenvalue weighted by Crippen LogP contribution is -2.40. The van der Waals surface area contributed by atoms with Crippen LogP contribution in [0.4, 0.5) is 0 Å². The zero-order chi connectivity index (χ0) is 18.0. The van der Waals surface area contributed by atoms with Crippen molar-refractivity contribution in [2.45, 2.75) is 45.6 Å². The van der Waals surface area contributed by atoms with Crippen molar-refractivity contribution in [3.8, 4) is 11.3 Å². The molecule has 4 heteroatoms. The van der Waals surface area contributed by atoms with Crippen LogP contribution in [-0.4, -0.2) is 39.6 Å². The lowest BCUT2D eigenvalue weighted by atomic mass is 9.86. The van der Waals surface area contributed by atoms with Crippen LogP contribution in [0, 0.1) is 12.8 Å². The number of amides is 1. The number of rotatable bonds is 4. The van der Waals surface area contributed by atoms with E-state index in [4.69, 9.17) is 0 Å². The Labute approximate surface area is 149 Å². The molecule has 25 heavy (non-hydrogen) atoms. The number of hydrogen-bond acceptors (Lipinski definition) is 2. The van der Waals surface area contributed by atoms with E-state index in [0.29, 0.717) is 11.6 Å². The zero-order valence-electron chi connectivity index (χ0n) is 15.4. The van der Waals surface area contributed by atoms with Crippen LogP contribution in [0.25, 0.3) is 11.3 Å². The average Bonchev–Trinajstić information content (AvgIpc) is 3.04. The quantitative estimate of drug-likeness (QED) is 0.884. The Hall–Kier alpha value is -2.07. The topological polar surface area (TPSA) is 56.3 Å². The molecule has 0 atom stereocenters. The Balaban J connectivity index is 1.62. The summed E-state index contributed by atoms with van der Waals surface area (Å²) >= 11 is 0. The van der Waals surface area contributed by atoms with Gasteiger partial charge in [0.25, 0.3) is 5.91 Å². The number of carbonyl (C=O) groups excluding carboxylic acids is 1. The molecule has 1 aromatic carbocycles. The first kappa shape index (κ1) is 17.7. The first-order valence-electron chi connectivity index (χ1n) is 9.09. The van der Waals surface area contributed by atoms with Crippen LogP contribution in [0.1, 0.15) is 49.2 Å². The number of nitrogens with zero attached hydrogens (tertiary/aromatic N) is 1. The molecular weight excluding hydrogens is 312 g/mol. The highest BCUT2D eigenvalue weighted by Crippen LogP contribution is 2.27. The predicted molar refractivity (Wildman–Crippen MR) is 101 cm³/mol. The minimum absolute atomic E-state index is 0.0695. The molecule has 0 radical (unpaired) electrons. The van der Waals surface area contributed by atoms with Gasteiger partial charge in [0.2, 0.25) is 0 Å². The van der Waals surface area contributed by atoms with Crippen LogP contribution in [0.5, 0.6) is 0 Å². The van der Waals surface area contributed by atoms with Gasteiger partial charge >= 0.3 is 0 Å². The number of aromatic amines is 1. The summed E-state index contributed by atoms with van der Waals surface area (Å²) in [6.07, 6.45) is 2.72. The van der Waals surface area contributed by atoms with Gasteiger partial charge in [-0.3, -0.25) is 4.79 Å². The van der Waals surface area contributed by atoms with Crippen molar-refractivity contribution in [3.63, 3.8) is 0 Å². The highest BCUT2D eigenvalue weighted by atomic mass is 16.3. The molecule has 0 aliphatic carbocycles. The van der Waals surface area contributed by atoms with Crippen LogP contribution in [-0.2, 0) is 0 Å². The number of nitrogens with one attached hydrogen (secondary N) is 1. The van der Waals surface area contributed by atoms with Crippen molar-refractivity contribution in [2.24, 2.45) is 5.92 Å². The van der Waals surface area contributed by atoms with E-state index < -0.39 is 5.60 Å². The summed E-state index contributed by atoms with van der Waals surface area (Å²) < 4.78 is 0. The van der Waals surface area contributed by atoms with Crippen molar-refractivity contribution >= 4 is 5.91 Å². The second-order valence-corrected chi connectivity index (χ2v) is 7.90. The fraction of sp³-hybridized carbons (Fsp3) is 0.476. The normalized spacial score (nSPS) is 16.2. The summed E-state index contributed by atoms with van der Waals surface area (Å²) in [5.74, 6) is 0.566. The lowest BCUT2D eigenvalue weighted by Gasteiger charge is -2.34. The zero-order valence-corrected chi connectivity index (χ0v) is 15.4. The van der Waals surface area contributed by atoms with Crippen LogP contribution in [0.2, 0.25) is 0 Å². The largest absolute Gasteiger partial charge is 0.390 e. The highest BCUT2D eigenvalue weighted by Gasteiger charge is 2.27. The van der Waals surface area contributed by atoms with Crippen molar-refractivity contribution in [2.75, 3.05) is 13.1 Å². The number of H-pyrrole nitrogens is 1. The van der Waals surface area contributed by atoms with Gasteiger partial charge in [0, 0.05) is 18.8 Å². The van der Waals surface area contributed by atoms with E-state index in [9.17, 15) is 9.90 Å². The van der Waals surface area contributed by atoms with Crippen molar-refractivity contribution in [1.29, 1.82) is 0 Å². The van der Waals surface area contributed by atoms with Crippen LogP contribution in [0.15, 0.2) is 36.4 Å². The lowest BCUT2D eigenvalue weighted by molar-refractivity contribution is 0.0357. The molecule has 0 unspecified atom stereocenters. The first-order chi connectivity index (χ1) is 11.8. The van der Waals surface area contributed by atoms with E-state index in [2.05, 4.69) is 36.2 Å². The van der Waals surface area contributed by atoms with E-state index in [1.54, 1.807) is 0 Å². The molecule has 0 spiro atoms. The summed E-state index contributed by atoms with van der Waals surface area (Å²) in [5.41, 5.74) is 3.31. The maximum atomic E-state index is 12.7. The third-order valence-electron chi connectivity index (χ3n) is 4.97. The van der Waals surface area contributed by atoms with Gasteiger partial charge in [-0.1, -0.05) is 29.8 Å². The molecule has 2 N–H and O–H groups in total. The standard InChI is InChI=1S/C21H28N2O2/c1-15-4-6-17(7-5-15)18-8-9-19(22-18)20(24)23-12-10-16(11-13-23)14-21(2,3)25/h4-9,16,22,25H,10-14H2,1-3H3. The van der Waals surface area contributed by atoms with Gasteiger partial charge in [-0.2, -0.15) is 0 Å². The maximum Gasteiger partial charge on any atom is 0.270 e. The third-order valence-corrected chi connectivity index (χ3v) is 4.97. The second kappa shape index (κ2) is 7.04. The van der Waals surface area contributed by atoms with E-state index in [0.717, 1.165) is 43.6 Å². The molecule has 1 saturated heterocycles. The number of hydrogen-bond donors (Lipinski definition) is 2. The molecule has 2 aromatic rings.